The first kappa shape index (κ1) is 22.7. The number of hydrogen-bond acceptors (Lipinski definition) is 5. The number of amides is 2. The molecule has 168 valence electrons. The lowest BCUT2D eigenvalue weighted by molar-refractivity contribution is -0.137. The number of carbonyl (C=O) groups excluding carboxylic acids is 2. The monoisotopic (exact) mass is 451 g/mol. The van der Waals surface area contributed by atoms with Crippen molar-refractivity contribution in [3.05, 3.63) is 71.4 Å². The number of hydrogen-bond donors (Lipinski definition) is 2. The molecule has 0 aliphatic rings. The molecule has 1 aromatic carbocycles. The van der Waals surface area contributed by atoms with Gasteiger partial charge in [0, 0.05) is 6.20 Å². The Morgan fingerprint density at radius 3 is 2.44 bits per heavy atom. The Bertz CT molecular complexity index is 1130. The topological polar surface area (TPSA) is 98.1 Å². The minimum Gasteiger partial charge on any atom is -0.478 e. The second kappa shape index (κ2) is 9.04. The van der Waals surface area contributed by atoms with Crippen molar-refractivity contribution < 1.29 is 31.9 Å². The molecule has 0 fully saturated rings. The minimum atomic E-state index is -4.53. The highest BCUT2D eigenvalue weighted by Gasteiger charge is 2.31. The molecule has 0 bridgehead atoms. The zero-order chi connectivity index (χ0) is 23.5. The molecule has 1 unspecified atom stereocenters. The molecular formula is C20H17F4N5O3. The fourth-order valence-corrected chi connectivity index (χ4v) is 2.61. The van der Waals surface area contributed by atoms with Crippen LogP contribution in [0, 0.1) is 12.7 Å². The Morgan fingerprint density at radius 1 is 1.09 bits per heavy atom. The highest BCUT2D eigenvalue weighted by molar-refractivity contribution is 5.96. The maximum absolute atomic E-state index is 13.6. The lowest BCUT2D eigenvalue weighted by Gasteiger charge is -2.15. The predicted molar refractivity (Wildman–Crippen MR) is 103 cm³/mol. The average Bonchev–Trinajstić information content (AvgIpc) is 3.14. The van der Waals surface area contributed by atoms with Crippen LogP contribution in [0.4, 0.5) is 17.6 Å². The van der Waals surface area contributed by atoms with Crippen LogP contribution in [0.5, 0.6) is 5.75 Å². The van der Waals surface area contributed by atoms with E-state index in [1.165, 1.54) is 49.0 Å². The third-order valence-electron chi connectivity index (χ3n) is 4.36. The number of alkyl halides is 3. The number of rotatable bonds is 5. The van der Waals surface area contributed by atoms with Crippen LogP contribution in [-0.4, -0.2) is 32.7 Å². The molecule has 2 amide bonds. The Hall–Kier alpha value is -3.96. The lowest BCUT2D eigenvalue weighted by atomic mass is 10.2. The highest BCUT2D eigenvalue weighted by atomic mass is 19.4. The first-order chi connectivity index (χ1) is 15.1. The normalized spacial score (nSPS) is 12.2. The molecule has 3 aromatic rings. The predicted octanol–water partition coefficient (Wildman–Crippen LogP) is 2.96. The van der Waals surface area contributed by atoms with Crippen LogP contribution in [0.3, 0.4) is 0 Å². The van der Waals surface area contributed by atoms with Gasteiger partial charge in [0.25, 0.3) is 11.8 Å². The molecule has 8 nitrogen and oxygen atoms in total. The summed E-state index contributed by atoms with van der Waals surface area (Å²) < 4.78 is 58.1. The molecule has 1 atom stereocenters. The second-order valence-electron chi connectivity index (χ2n) is 6.59. The molecule has 2 heterocycles. The van der Waals surface area contributed by atoms with E-state index >= 15 is 0 Å². The SMILES string of the molecule is Cc1c(C(=O)NNC(=O)C(C)Oc2ccccc2F)cnn1-c1ccc(C(F)(F)F)cn1. The molecule has 0 aliphatic heterocycles. The molecular weight excluding hydrogens is 434 g/mol. The van der Waals surface area contributed by atoms with Gasteiger partial charge in [-0.15, -0.1) is 0 Å². The number of nitrogens with zero attached hydrogens (tertiary/aromatic N) is 3. The summed E-state index contributed by atoms with van der Waals surface area (Å²) >= 11 is 0. The number of carbonyl (C=O) groups is 2. The Balaban J connectivity index is 1.63. The molecule has 0 saturated heterocycles. The molecule has 0 spiro atoms. The summed E-state index contributed by atoms with van der Waals surface area (Å²) in [5.74, 6) is -2.16. The van der Waals surface area contributed by atoms with Crippen molar-refractivity contribution in [2.45, 2.75) is 26.1 Å². The maximum atomic E-state index is 13.6. The summed E-state index contributed by atoms with van der Waals surface area (Å²) in [5, 5.41) is 3.96. The van der Waals surface area contributed by atoms with Gasteiger partial charge in [-0.1, -0.05) is 12.1 Å². The third-order valence-corrected chi connectivity index (χ3v) is 4.36. The smallest absolute Gasteiger partial charge is 0.417 e. The van der Waals surface area contributed by atoms with Crippen LogP contribution >= 0.6 is 0 Å². The van der Waals surface area contributed by atoms with Crippen LogP contribution in [0.25, 0.3) is 5.82 Å². The number of pyridine rings is 1. The summed E-state index contributed by atoms with van der Waals surface area (Å²) in [6, 6.07) is 7.50. The zero-order valence-electron chi connectivity index (χ0n) is 16.8. The van der Waals surface area contributed by atoms with E-state index in [9.17, 15) is 27.2 Å². The van der Waals surface area contributed by atoms with Gasteiger partial charge in [-0.25, -0.2) is 14.1 Å². The number of nitrogens with one attached hydrogen (secondary N) is 2. The van der Waals surface area contributed by atoms with Gasteiger partial charge in [0.1, 0.15) is 0 Å². The summed E-state index contributed by atoms with van der Waals surface area (Å²) in [4.78, 5) is 28.2. The van der Waals surface area contributed by atoms with Gasteiger partial charge >= 0.3 is 6.18 Å². The summed E-state index contributed by atoms with van der Waals surface area (Å²) in [6.45, 7) is 2.88. The van der Waals surface area contributed by atoms with Gasteiger partial charge in [-0.05, 0) is 38.1 Å². The summed E-state index contributed by atoms with van der Waals surface area (Å²) in [5.41, 5.74) is 3.75. The van der Waals surface area contributed by atoms with E-state index in [2.05, 4.69) is 20.9 Å². The van der Waals surface area contributed by atoms with E-state index in [0.29, 0.717) is 6.20 Å². The number of hydrazine groups is 1. The van der Waals surface area contributed by atoms with Crippen molar-refractivity contribution in [2.75, 3.05) is 0 Å². The van der Waals surface area contributed by atoms with E-state index in [1.807, 2.05) is 0 Å². The van der Waals surface area contributed by atoms with Crippen molar-refractivity contribution >= 4 is 11.8 Å². The Labute approximate surface area is 179 Å². The first-order valence-electron chi connectivity index (χ1n) is 9.17. The van der Waals surface area contributed by atoms with E-state index in [1.54, 1.807) is 0 Å². The largest absolute Gasteiger partial charge is 0.478 e. The van der Waals surface area contributed by atoms with Crippen LogP contribution in [0.1, 0.15) is 28.5 Å². The number of halogens is 4. The number of benzene rings is 1. The van der Waals surface area contributed by atoms with Crippen molar-refractivity contribution in [3.8, 4) is 11.6 Å². The Morgan fingerprint density at radius 2 is 1.81 bits per heavy atom. The van der Waals surface area contributed by atoms with E-state index in [4.69, 9.17) is 4.74 Å². The van der Waals surface area contributed by atoms with Gasteiger partial charge < -0.3 is 4.74 Å². The average molecular weight is 451 g/mol. The van der Waals surface area contributed by atoms with E-state index < -0.39 is 35.5 Å². The van der Waals surface area contributed by atoms with Crippen LogP contribution < -0.4 is 15.6 Å². The maximum Gasteiger partial charge on any atom is 0.417 e. The lowest BCUT2D eigenvalue weighted by Crippen LogP contribution is -2.47. The summed E-state index contributed by atoms with van der Waals surface area (Å²) in [6.07, 6.45) is -3.81. The molecule has 0 saturated carbocycles. The van der Waals surface area contributed by atoms with E-state index in [0.717, 1.165) is 12.1 Å². The quantitative estimate of drug-likeness (QED) is 0.459. The fraction of sp³-hybridized carbons (Fsp3) is 0.200. The first-order valence-corrected chi connectivity index (χ1v) is 9.17. The van der Waals surface area contributed by atoms with Gasteiger partial charge in [0.15, 0.2) is 23.5 Å². The summed E-state index contributed by atoms with van der Waals surface area (Å²) in [7, 11) is 0. The number of aromatic nitrogens is 3. The van der Waals surface area contributed by atoms with Gasteiger partial charge in [-0.2, -0.15) is 18.3 Å². The molecule has 12 heteroatoms. The van der Waals surface area contributed by atoms with Crippen LogP contribution in [0.2, 0.25) is 0 Å². The van der Waals surface area contributed by atoms with Gasteiger partial charge in [0.05, 0.1) is 23.0 Å². The highest BCUT2D eigenvalue weighted by Crippen LogP contribution is 2.28. The zero-order valence-corrected chi connectivity index (χ0v) is 16.8. The standard InChI is InChI=1S/C20H17F4N5O3/c1-11-14(10-26-29(11)17-8-7-13(9-25-17)20(22,23)24)19(31)28-27-18(30)12(2)32-16-6-4-3-5-15(16)21/h3-10,12H,1-2H3,(H,27,30)(H,28,31). The molecule has 32 heavy (non-hydrogen) atoms. The van der Waals surface area contributed by atoms with Crippen LogP contribution in [0.15, 0.2) is 48.8 Å². The van der Waals surface area contributed by atoms with E-state index in [-0.39, 0.29) is 22.8 Å². The molecule has 2 N–H and O–H groups in total. The number of para-hydroxylation sites is 1. The number of ether oxygens (including phenoxy) is 1. The van der Waals surface area contributed by atoms with Gasteiger partial charge in [-0.3, -0.25) is 20.4 Å². The minimum absolute atomic E-state index is 0.0506. The third kappa shape index (κ3) is 5.02. The van der Waals surface area contributed by atoms with Crippen LogP contribution in [-0.2, 0) is 11.0 Å². The van der Waals surface area contributed by atoms with Crippen molar-refractivity contribution in [2.24, 2.45) is 0 Å². The Kier molecular flexibility index (Phi) is 6.42. The molecule has 0 radical (unpaired) electrons. The molecule has 0 aliphatic carbocycles. The fourth-order valence-electron chi connectivity index (χ4n) is 2.61. The molecule has 3 rings (SSSR count). The van der Waals surface area contributed by atoms with Crippen molar-refractivity contribution in [1.82, 2.24) is 25.6 Å². The van der Waals surface area contributed by atoms with Crippen molar-refractivity contribution in [1.29, 1.82) is 0 Å². The van der Waals surface area contributed by atoms with Crippen molar-refractivity contribution in [3.63, 3.8) is 0 Å². The second-order valence-corrected chi connectivity index (χ2v) is 6.59. The molecule has 2 aromatic heterocycles. The van der Waals surface area contributed by atoms with Gasteiger partial charge in [0.2, 0.25) is 0 Å².